The molecule has 138 valence electrons. The second-order valence-electron chi connectivity index (χ2n) is 6.20. The number of benzene rings is 2. The van der Waals surface area contributed by atoms with E-state index in [0.29, 0.717) is 34.4 Å². The number of ether oxygens (including phenoxy) is 3. The van der Waals surface area contributed by atoms with Crippen molar-refractivity contribution < 1.29 is 19.0 Å². The van der Waals surface area contributed by atoms with Crippen LogP contribution in [0.25, 0.3) is 10.9 Å². The van der Waals surface area contributed by atoms with E-state index in [9.17, 15) is 4.79 Å². The SMILES string of the molecule is O=C(Nc1ccc(Oc2cccc3[nH]ccc23)nc1)c1ccc2c(c1)OCO2. The molecule has 5 rings (SSSR count). The van der Waals surface area contributed by atoms with E-state index in [2.05, 4.69) is 15.3 Å². The summed E-state index contributed by atoms with van der Waals surface area (Å²) in [5.41, 5.74) is 2.03. The zero-order chi connectivity index (χ0) is 18.9. The number of aromatic amines is 1. The average Bonchev–Trinajstić information content (AvgIpc) is 3.38. The molecule has 3 heterocycles. The number of hydrogen-bond acceptors (Lipinski definition) is 5. The highest BCUT2D eigenvalue weighted by molar-refractivity contribution is 6.04. The zero-order valence-electron chi connectivity index (χ0n) is 14.6. The maximum absolute atomic E-state index is 12.4. The summed E-state index contributed by atoms with van der Waals surface area (Å²) in [6.45, 7) is 0.169. The summed E-state index contributed by atoms with van der Waals surface area (Å²) in [4.78, 5) is 19.9. The van der Waals surface area contributed by atoms with Crippen LogP contribution in [0, 0.1) is 0 Å². The number of pyridine rings is 1. The molecule has 7 heteroatoms. The number of carbonyl (C=O) groups is 1. The van der Waals surface area contributed by atoms with Gasteiger partial charge in [-0.3, -0.25) is 4.79 Å². The van der Waals surface area contributed by atoms with Crippen molar-refractivity contribution in [1.29, 1.82) is 0 Å². The molecule has 0 unspecified atom stereocenters. The maximum Gasteiger partial charge on any atom is 0.255 e. The normalized spacial score (nSPS) is 12.1. The second kappa shape index (κ2) is 6.62. The number of nitrogens with one attached hydrogen (secondary N) is 2. The molecule has 28 heavy (non-hydrogen) atoms. The second-order valence-corrected chi connectivity index (χ2v) is 6.20. The summed E-state index contributed by atoms with van der Waals surface area (Å²) in [5, 5.41) is 3.78. The van der Waals surface area contributed by atoms with Gasteiger partial charge in [0, 0.05) is 28.7 Å². The molecule has 2 N–H and O–H groups in total. The number of fused-ring (bicyclic) bond motifs is 2. The van der Waals surface area contributed by atoms with Gasteiger partial charge in [0.15, 0.2) is 11.5 Å². The lowest BCUT2D eigenvalue weighted by Gasteiger charge is -2.08. The van der Waals surface area contributed by atoms with Gasteiger partial charge in [-0.05, 0) is 42.5 Å². The molecule has 7 nitrogen and oxygen atoms in total. The average molecular weight is 373 g/mol. The first kappa shape index (κ1) is 16.2. The van der Waals surface area contributed by atoms with E-state index in [1.807, 2.05) is 30.5 Å². The molecule has 0 bridgehead atoms. The Morgan fingerprint density at radius 1 is 1.07 bits per heavy atom. The molecular weight excluding hydrogens is 358 g/mol. The fourth-order valence-electron chi connectivity index (χ4n) is 3.01. The molecule has 0 fully saturated rings. The van der Waals surface area contributed by atoms with Crippen LogP contribution in [0.3, 0.4) is 0 Å². The summed E-state index contributed by atoms with van der Waals surface area (Å²) in [6, 6.07) is 16.2. The molecule has 0 atom stereocenters. The van der Waals surface area contributed by atoms with Crippen molar-refractivity contribution in [3.63, 3.8) is 0 Å². The Kier molecular flexibility index (Phi) is 3.83. The van der Waals surface area contributed by atoms with E-state index in [1.165, 1.54) is 0 Å². The summed E-state index contributed by atoms with van der Waals surface area (Å²) in [7, 11) is 0. The number of carbonyl (C=O) groups excluding carboxylic acids is 1. The monoisotopic (exact) mass is 373 g/mol. The quantitative estimate of drug-likeness (QED) is 0.556. The van der Waals surface area contributed by atoms with Crippen molar-refractivity contribution in [1.82, 2.24) is 9.97 Å². The lowest BCUT2D eigenvalue weighted by atomic mass is 10.2. The number of anilines is 1. The van der Waals surface area contributed by atoms with Gasteiger partial charge in [-0.15, -0.1) is 0 Å². The van der Waals surface area contributed by atoms with E-state index in [1.54, 1.807) is 36.5 Å². The lowest BCUT2D eigenvalue weighted by Crippen LogP contribution is -2.11. The van der Waals surface area contributed by atoms with Gasteiger partial charge in [-0.25, -0.2) is 4.98 Å². The summed E-state index contributed by atoms with van der Waals surface area (Å²) in [5.74, 6) is 2.09. The number of rotatable bonds is 4. The van der Waals surface area contributed by atoms with E-state index in [4.69, 9.17) is 14.2 Å². The summed E-state index contributed by atoms with van der Waals surface area (Å²) in [6.07, 6.45) is 3.41. The van der Waals surface area contributed by atoms with Gasteiger partial charge in [0.25, 0.3) is 5.91 Å². The maximum atomic E-state index is 12.4. The van der Waals surface area contributed by atoms with Crippen molar-refractivity contribution in [3.05, 3.63) is 72.6 Å². The minimum atomic E-state index is -0.258. The topological polar surface area (TPSA) is 85.5 Å². The first-order chi connectivity index (χ1) is 13.8. The van der Waals surface area contributed by atoms with Crippen LogP contribution in [0.15, 0.2) is 67.0 Å². The van der Waals surface area contributed by atoms with Crippen molar-refractivity contribution >= 4 is 22.5 Å². The largest absolute Gasteiger partial charge is 0.454 e. The van der Waals surface area contributed by atoms with Gasteiger partial charge in [0.2, 0.25) is 12.7 Å². The Morgan fingerprint density at radius 2 is 2.00 bits per heavy atom. The van der Waals surface area contributed by atoms with Gasteiger partial charge in [0.1, 0.15) is 5.75 Å². The summed E-state index contributed by atoms with van der Waals surface area (Å²) < 4.78 is 16.4. The van der Waals surface area contributed by atoms with E-state index in [-0.39, 0.29) is 12.7 Å². The van der Waals surface area contributed by atoms with Crippen LogP contribution in [0.5, 0.6) is 23.1 Å². The van der Waals surface area contributed by atoms with Crippen molar-refractivity contribution in [2.24, 2.45) is 0 Å². The smallest absolute Gasteiger partial charge is 0.255 e. The molecular formula is C21H15N3O4. The predicted molar refractivity (Wildman–Crippen MR) is 103 cm³/mol. The number of aromatic nitrogens is 2. The third kappa shape index (κ3) is 2.99. The predicted octanol–water partition coefficient (Wildman–Crippen LogP) is 4.34. The van der Waals surface area contributed by atoms with Crippen LogP contribution in [0.1, 0.15) is 10.4 Å². The van der Waals surface area contributed by atoms with Crippen molar-refractivity contribution in [2.45, 2.75) is 0 Å². The van der Waals surface area contributed by atoms with Gasteiger partial charge >= 0.3 is 0 Å². The molecule has 0 saturated carbocycles. The molecule has 0 aliphatic carbocycles. The van der Waals surface area contributed by atoms with Gasteiger partial charge in [-0.1, -0.05) is 6.07 Å². The molecule has 4 aromatic rings. The van der Waals surface area contributed by atoms with E-state index < -0.39 is 0 Å². The summed E-state index contributed by atoms with van der Waals surface area (Å²) >= 11 is 0. The highest BCUT2D eigenvalue weighted by atomic mass is 16.7. The number of hydrogen-bond donors (Lipinski definition) is 2. The Balaban J connectivity index is 1.30. The standard InChI is InChI=1S/C21H15N3O4/c25-21(13-4-6-18-19(10-13)27-12-26-18)24-14-5-7-20(23-11-14)28-17-3-1-2-16-15(17)8-9-22-16/h1-11,22H,12H2,(H,24,25). The zero-order valence-corrected chi connectivity index (χ0v) is 14.6. The fraction of sp³-hybridized carbons (Fsp3) is 0.0476. The van der Waals surface area contributed by atoms with Crippen LogP contribution < -0.4 is 19.5 Å². The Morgan fingerprint density at radius 3 is 2.89 bits per heavy atom. The van der Waals surface area contributed by atoms with Crippen LogP contribution in [-0.2, 0) is 0 Å². The highest BCUT2D eigenvalue weighted by Crippen LogP contribution is 2.33. The molecule has 0 saturated heterocycles. The van der Waals surface area contributed by atoms with Crippen LogP contribution in [-0.4, -0.2) is 22.7 Å². The Bertz CT molecular complexity index is 1170. The minimum absolute atomic E-state index is 0.169. The van der Waals surface area contributed by atoms with Crippen LogP contribution in [0.4, 0.5) is 5.69 Å². The fourth-order valence-corrected chi connectivity index (χ4v) is 3.01. The molecule has 0 radical (unpaired) electrons. The first-order valence-corrected chi connectivity index (χ1v) is 8.67. The Labute approximate surface area is 159 Å². The Hall–Kier alpha value is -4.00. The lowest BCUT2D eigenvalue weighted by molar-refractivity contribution is 0.102. The molecule has 1 aliphatic heterocycles. The minimum Gasteiger partial charge on any atom is -0.454 e. The van der Waals surface area contributed by atoms with Gasteiger partial charge in [-0.2, -0.15) is 0 Å². The van der Waals surface area contributed by atoms with E-state index >= 15 is 0 Å². The van der Waals surface area contributed by atoms with Gasteiger partial charge < -0.3 is 24.5 Å². The molecule has 2 aromatic heterocycles. The van der Waals surface area contributed by atoms with Crippen LogP contribution >= 0.6 is 0 Å². The first-order valence-electron chi connectivity index (χ1n) is 8.67. The number of H-pyrrole nitrogens is 1. The highest BCUT2D eigenvalue weighted by Gasteiger charge is 2.16. The van der Waals surface area contributed by atoms with Crippen LogP contribution in [0.2, 0.25) is 0 Å². The van der Waals surface area contributed by atoms with E-state index in [0.717, 1.165) is 10.9 Å². The molecule has 1 amide bonds. The number of nitrogens with zero attached hydrogens (tertiary/aromatic N) is 1. The third-order valence-corrected chi connectivity index (χ3v) is 4.40. The molecule has 0 spiro atoms. The number of amides is 1. The third-order valence-electron chi connectivity index (χ3n) is 4.40. The van der Waals surface area contributed by atoms with Crippen molar-refractivity contribution in [3.8, 4) is 23.1 Å². The van der Waals surface area contributed by atoms with Gasteiger partial charge in [0.05, 0.1) is 11.9 Å². The van der Waals surface area contributed by atoms with Crippen molar-refractivity contribution in [2.75, 3.05) is 12.1 Å². The molecule has 2 aromatic carbocycles. The molecule has 1 aliphatic rings.